The standard InChI is InChI=1S/C21H26N2O4S/c1-2-7-20(17-8-4-3-5-9-17)21(24)22-18-10-6-11-19(16-18)28(25,26)23-12-14-27-15-13-23/h3-6,8-11,16,20H,2,7,12-15H2,1H3,(H,22,24)/t20-/m1/s1. The van der Waals surface area contributed by atoms with Crippen LogP contribution < -0.4 is 5.32 Å². The first kappa shape index (κ1) is 20.5. The van der Waals surface area contributed by atoms with Crippen LogP contribution in [0.1, 0.15) is 31.2 Å². The van der Waals surface area contributed by atoms with Crippen LogP contribution in [0.3, 0.4) is 0 Å². The van der Waals surface area contributed by atoms with Gasteiger partial charge in [0.25, 0.3) is 0 Å². The predicted molar refractivity (Wildman–Crippen MR) is 109 cm³/mol. The molecule has 150 valence electrons. The molecule has 28 heavy (non-hydrogen) atoms. The zero-order valence-corrected chi connectivity index (χ0v) is 16.8. The maximum absolute atomic E-state index is 12.9. The third kappa shape index (κ3) is 4.79. The summed E-state index contributed by atoms with van der Waals surface area (Å²) in [5.74, 6) is -0.403. The lowest BCUT2D eigenvalue weighted by Crippen LogP contribution is -2.40. The molecular formula is C21H26N2O4S. The number of ether oxygens (including phenoxy) is 1. The van der Waals surface area contributed by atoms with Crippen LogP contribution in [-0.2, 0) is 19.6 Å². The molecule has 2 aromatic rings. The van der Waals surface area contributed by atoms with E-state index in [4.69, 9.17) is 4.74 Å². The number of sulfonamides is 1. The van der Waals surface area contributed by atoms with E-state index in [0.717, 1.165) is 18.4 Å². The summed E-state index contributed by atoms with van der Waals surface area (Å²) >= 11 is 0. The monoisotopic (exact) mass is 402 g/mol. The van der Waals surface area contributed by atoms with Gasteiger partial charge < -0.3 is 10.1 Å². The zero-order chi connectivity index (χ0) is 20.0. The van der Waals surface area contributed by atoms with Crippen molar-refractivity contribution in [2.24, 2.45) is 0 Å². The molecule has 1 fully saturated rings. The van der Waals surface area contributed by atoms with E-state index >= 15 is 0 Å². The van der Waals surface area contributed by atoms with E-state index in [2.05, 4.69) is 5.32 Å². The predicted octanol–water partition coefficient (Wildman–Crippen LogP) is 3.23. The molecular weight excluding hydrogens is 376 g/mol. The van der Waals surface area contributed by atoms with Crippen LogP contribution in [-0.4, -0.2) is 44.9 Å². The van der Waals surface area contributed by atoms with E-state index in [9.17, 15) is 13.2 Å². The molecule has 1 atom stereocenters. The highest BCUT2D eigenvalue weighted by molar-refractivity contribution is 7.89. The number of carbonyl (C=O) groups excluding carboxylic acids is 1. The summed E-state index contributed by atoms with van der Waals surface area (Å²) in [6.45, 7) is 3.51. The molecule has 1 saturated heterocycles. The van der Waals surface area contributed by atoms with Gasteiger partial charge >= 0.3 is 0 Å². The molecule has 0 aliphatic carbocycles. The summed E-state index contributed by atoms with van der Waals surface area (Å²) in [7, 11) is -3.60. The number of carbonyl (C=O) groups is 1. The van der Waals surface area contributed by atoms with Crippen molar-refractivity contribution in [1.29, 1.82) is 0 Å². The van der Waals surface area contributed by atoms with Crippen molar-refractivity contribution in [2.45, 2.75) is 30.6 Å². The van der Waals surface area contributed by atoms with Crippen LogP contribution in [0.25, 0.3) is 0 Å². The fraction of sp³-hybridized carbons (Fsp3) is 0.381. The maximum Gasteiger partial charge on any atom is 0.243 e. The molecule has 6 nitrogen and oxygen atoms in total. The highest BCUT2D eigenvalue weighted by atomic mass is 32.2. The molecule has 0 aromatic heterocycles. The fourth-order valence-electron chi connectivity index (χ4n) is 3.32. The van der Waals surface area contributed by atoms with Crippen molar-refractivity contribution in [1.82, 2.24) is 4.31 Å². The van der Waals surface area contributed by atoms with Gasteiger partial charge in [-0.1, -0.05) is 49.7 Å². The lowest BCUT2D eigenvalue weighted by atomic mass is 9.93. The molecule has 1 aliphatic rings. The SMILES string of the molecule is CCC[C@@H](C(=O)Nc1cccc(S(=O)(=O)N2CCOCC2)c1)c1ccccc1. The number of nitrogens with one attached hydrogen (secondary N) is 1. The highest BCUT2D eigenvalue weighted by Gasteiger charge is 2.27. The van der Waals surface area contributed by atoms with E-state index < -0.39 is 10.0 Å². The fourth-order valence-corrected chi connectivity index (χ4v) is 4.78. The smallest absolute Gasteiger partial charge is 0.243 e. The van der Waals surface area contributed by atoms with Crippen molar-refractivity contribution >= 4 is 21.6 Å². The minimum Gasteiger partial charge on any atom is -0.379 e. The quantitative estimate of drug-likeness (QED) is 0.771. The molecule has 1 heterocycles. The second-order valence-electron chi connectivity index (χ2n) is 6.79. The van der Waals surface area contributed by atoms with Crippen LogP contribution in [0.4, 0.5) is 5.69 Å². The molecule has 0 bridgehead atoms. The van der Waals surface area contributed by atoms with Crippen molar-refractivity contribution in [3.05, 3.63) is 60.2 Å². The van der Waals surface area contributed by atoms with Crippen LogP contribution >= 0.6 is 0 Å². The number of rotatable bonds is 7. The highest BCUT2D eigenvalue weighted by Crippen LogP contribution is 2.25. The maximum atomic E-state index is 12.9. The largest absolute Gasteiger partial charge is 0.379 e. The Hall–Kier alpha value is -2.22. The molecule has 3 rings (SSSR count). The van der Waals surface area contributed by atoms with E-state index in [1.54, 1.807) is 18.2 Å². The second kappa shape index (κ2) is 9.32. The van der Waals surface area contributed by atoms with Gasteiger partial charge in [-0.05, 0) is 30.2 Å². The van der Waals surface area contributed by atoms with Crippen molar-refractivity contribution < 1.29 is 17.9 Å². The Kier molecular flexibility index (Phi) is 6.83. The van der Waals surface area contributed by atoms with Crippen LogP contribution in [0, 0.1) is 0 Å². The molecule has 1 amide bonds. The van der Waals surface area contributed by atoms with Crippen LogP contribution in [0.2, 0.25) is 0 Å². The van der Waals surface area contributed by atoms with Gasteiger partial charge in [0.05, 0.1) is 24.0 Å². The normalized spacial score (nSPS) is 16.5. The first-order valence-electron chi connectivity index (χ1n) is 9.56. The van der Waals surface area contributed by atoms with Crippen molar-refractivity contribution in [3.63, 3.8) is 0 Å². The Morgan fingerprint density at radius 3 is 2.50 bits per heavy atom. The third-order valence-electron chi connectivity index (χ3n) is 4.81. The molecule has 0 spiro atoms. The number of hydrogen-bond acceptors (Lipinski definition) is 4. The summed E-state index contributed by atoms with van der Waals surface area (Å²) in [6.07, 6.45) is 1.60. The molecule has 0 radical (unpaired) electrons. The number of hydrogen-bond donors (Lipinski definition) is 1. The third-order valence-corrected chi connectivity index (χ3v) is 6.70. The minimum absolute atomic E-state index is 0.131. The van der Waals surface area contributed by atoms with E-state index in [0.29, 0.717) is 32.0 Å². The van der Waals surface area contributed by atoms with E-state index in [1.807, 2.05) is 37.3 Å². The second-order valence-corrected chi connectivity index (χ2v) is 8.72. The van der Waals surface area contributed by atoms with E-state index in [-0.39, 0.29) is 16.7 Å². The van der Waals surface area contributed by atoms with Gasteiger partial charge in [0.1, 0.15) is 0 Å². The lowest BCUT2D eigenvalue weighted by Gasteiger charge is -2.26. The number of amides is 1. The molecule has 0 saturated carbocycles. The van der Waals surface area contributed by atoms with Gasteiger partial charge in [-0.2, -0.15) is 4.31 Å². The topological polar surface area (TPSA) is 75.7 Å². The minimum atomic E-state index is -3.60. The van der Waals surface area contributed by atoms with Gasteiger partial charge in [0.15, 0.2) is 0 Å². The Morgan fingerprint density at radius 2 is 1.82 bits per heavy atom. The van der Waals surface area contributed by atoms with Gasteiger partial charge in [-0.25, -0.2) is 8.42 Å². The van der Waals surface area contributed by atoms with Gasteiger partial charge in [-0.15, -0.1) is 0 Å². The lowest BCUT2D eigenvalue weighted by molar-refractivity contribution is -0.117. The molecule has 0 unspecified atom stereocenters. The van der Waals surface area contributed by atoms with Crippen molar-refractivity contribution in [2.75, 3.05) is 31.6 Å². The number of morpholine rings is 1. The number of anilines is 1. The molecule has 1 aliphatic heterocycles. The van der Waals surface area contributed by atoms with Crippen LogP contribution in [0.5, 0.6) is 0 Å². The molecule has 1 N–H and O–H groups in total. The first-order chi connectivity index (χ1) is 13.5. The Labute approximate surface area is 166 Å². The number of benzene rings is 2. The van der Waals surface area contributed by atoms with E-state index in [1.165, 1.54) is 10.4 Å². The summed E-state index contributed by atoms with van der Waals surface area (Å²) in [6, 6.07) is 16.1. The van der Waals surface area contributed by atoms with Gasteiger partial charge in [0, 0.05) is 18.8 Å². The van der Waals surface area contributed by atoms with Crippen molar-refractivity contribution in [3.8, 4) is 0 Å². The Bertz CT molecular complexity index is 894. The summed E-state index contributed by atoms with van der Waals surface area (Å²) in [5, 5.41) is 2.89. The average molecular weight is 403 g/mol. The summed E-state index contributed by atoms with van der Waals surface area (Å²) in [5.41, 5.74) is 1.44. The summed E-state index contributed by atoms with van der Waals surface area (Å²) < 4.78 is 32.3. The Balaban J connectivity index is 1.79. The average Bonchev–Trinajstić information content (AvgIpc) is 2.73. The first-order valence-corrected chi connectivity index (χ1v) is 11.0. The molecule has 7 heteroatoms. The van der Waals surface area contributed by atoms with Gasteiger partial charge in [-0.3, -0.25) is 4.79 Å². The number of nitrogens with zero attached hydrogens (tertiary/aromatic N) is 1. The Morgan fingerprint density at radius 1 is 1.11 bits per heavy atom. The zero-order valence-electron chi connectivity index (χ0n) is 16.0. The molecule has 2 aromatic carbocycles. The van der Waals surface area contributed by atoms with Crippen LogP contribution in [0.15, 0.2) is 59.5 Å². The van der Waals surface area contributed by atoms with Gasteiger partial charge in [0.2, 0.25) is 15.9 Å². The summed E-state index contributed by atoms with van der Waals surface area (Å²) in [4.78, 5) is 13.1.